The lowest BCUT2D eigenvalue weighted by atomic mass is 10.0. The summed E-state index contributed by atoms with van der Waals surface area (Å²) >= 11 is 0. The molecule has 2 heterocycles. The molecule has 1 aromatic carbocycles. The largest absolute Gasteiger partial charge is 0.346 e. The van der Waals surface area contributed by atoms with E-state index in [9.17, 15) is 13.6 Å². The number of rotatable bonds is 4. The summed E-state index contributed by atoms with van der Waals surface area (Å²) in [5.41, 5.74) is 0.0867. The number of aryl methyl sites for hydroxylation is 1. The van der Waals surface area contributed by atoms with Crippen molar-refractivity contribution in [2.24, 2.45) is 0 Å². The molecule has 0 N–H and O–H groups in total. The summed E-state index contributed by atoms with van der Waals surface area (Å²) in [4.78, 5) is 12.5. The van der Waals surface area contributed by atoms with E-state index >= 15 is 0 Å². The quantitative estimate of drug-likeness (QED) is 0.815. The maximum Gasteiger partial charge on any atom is 0.346 e. The number of aromatic nitrogens is 3. The average Bonchev–Trinajstić information content (AvgIpc) is 3.04. The topological polar surface area (TPSA) is 63.6 Å². The van der Waals surface area contributed by atoms with Crippen LogP contribution >= 0.6 is 0 Å². The number of alkyl halides is 1. The third-order valence-electron chi connectivity index (χ3n) is 3.97. The second kappa shape index (κ2) is 5.80. The van der Waals surface area contributed by atoms with Crippen LogP contribution in [0.3, 0.4) is 0 Å². The Balaban J connectivity index is 1.99. The lowest BCUT2D eigenvalue weighted by molar-refractivity contribution is 0.321. The minimum atomic E-state index is -1.42. The molecular weight excluding hydrogens is 302 g/mol. The van der Waals surface area contributed by atoms with Gasteiger partial charge in [0.1, 0.15) is 5.82 Å². The van der Waals surface area contributed by atoms with E-state index in [1.165, 1.54) is 10.6 Å². The highest BCUT2D eigenvalue weighted by atomic mass is 19.1. The third-order valence-corrected chi connectivity index (χ3v) is 3.97. The fraction of sp³-hybridized carbons (Fsp3) is 0.312. The van der Waals surface area contributed by atoms with E-state index in [0.29, 0.717) is 5.57 Å². The fourth-order valence-corrected chi connectivity index (χ4v) is 2.80. The molecule has 0 amide bonds. The first-order valence-corrected chi connectivity index (χ1v) is 7.18. The summed E-state index contributed by atoms with van der Waals surface area (Å²) in [6.07, 6.45) is -1.17. The van der Waals surface area contributed by atoms with Crippen LogP contribution in [0, 0.1) is 17.1 Å². The van der Waals surface area contributed by atoms with Crippen molar-refractivity contribution in [3.8, 4) is 6.07 Å². The zero-order chi connectivity index (χ0) is 16.6. The first-order valence-electron chi connectivity index (χ1n) is 7.18. The minimum absolute atomic E-state index is 0.00539. The van der Waals surface area contributed by atoms with Gasteiger partial charge in [0.15, 0.2) is 12.0 Å². The Hall–Kier alpha value is -2.75. The smallest absolute Gasteiger partial charge is 0.269 e. The highest BCUT2D eigenvalue weighted by Gasteiger charge is 2.37. The molecule has 3 rings (SSSR count). The fourth-order valence-electron chi connectivity index (χ4n) is 2.80. The van der Waals surface area contributed by atoms with Crippen LogP contribution < -0.4 is 5.69 Å². The predicted octanol–water partition coefficient (Wildman–Crippen LogP) is 2.66. The molecule has 0 spiro atoms. The molecule has 5 nitrogen and oxygen atoms in total. The van der Waals surface area contributed by atoms with Crippen molar-refractivity contribution in [1.29, 1.82) is 5.26 Å². The maximum absolute atomic E-state index is 14.2. The zero-order valence-electron chi connectivity index (χ0n) is 12.2. The average molecular weight is 316 g/mol. The summed E-state index contributed by atoms with van der Waals surface area (Å²) in [5.74, 6) is -0.471. The molecular formula is C16H14F2N4O. The van der Waals surface area contributed by atoms with Crippen LogP contribution in [0.15, 0.2) is 41.2 Å². The van der Waals surface area contributed by atoms with Crippen molar-refractivity contribution < 1.29 is 8.78 Å². The van der Waals surface area contributed by atoms with Crippen LogP contribution in [-0.4, -0.2) is 14.3 Å². The van der Waals surface area contributed by atoms with Crippen molar-refractivity contribution >= 4 is 0 Å². The molecule has 2 atom stereocenters. The van der Waals surface area contributed by atoms with E-state index in [-0.39, 0.29) is 30.8 Å². The number of allylic oxidation sites excluding steroid dienone is 1. The van der Waals surface area contributed by atoms with E-state index < -0.39 is 23.7 Å². The van der Waals surface area contributed by atoms with E-state index in [1.54, 1.807) is 18.2 Å². The summed E-state index contributed by atoms with van der Waals surface area (Å²) < 4.78 is 30.5. The summed E-state index contributed by atoms with van der Waals surface area (Å²) in [5, 5.41) is 12.7. The van der Waals surface area contributed by atoms with Gasteiger partial charge in [0.2, 0.25) is 0 Å². The second-order valence-corrected chi connectivity index (χ2v) is 5.44. The molecule has 1 unspecified atom stereocenters. The van der Waals surface area contributed by atoms with Gasteiger partial charge in [0, 0.05) is 24.0 Å². The monoisotopic (exact) mass is 316 g/mol. The molecule has 0 radical (unpaired) electrons. The lowest BCUT2D eigenvalue weighted by Crippen LogP contribution is -2.27. The van der Waals surface area contributed by atoms with Gasteiger partial charge in [-0.25, -0.2) is 18.3 Å². The first kappa shape index (κ1) is 15.2. The number of nitrogens with zero attached hydrogens (tertiary/aromatic N) is 4. The van der Waals surface area contributed by atoms with Crippen molar-refractivity contribution in [3.63, 3.8) is 0 Å². The highest BCUT2D eigenvalue weighted by Crippen LogP contribution is 2.39. The van der Waals surface area contributed by atoms with Gasteiger partial charge in [0.25, 0.3) is 0 Å². The number of nitriles is 1. The van der Waals surface area contributed by atoms with Gasteiger partial charge in [-0.2, -0.15) is 10.4 Å². The van der Waals surface area contributed by atoms with Crippen LogP contribution in [0.1, 0.15) is 36.4 Å². The Morgan fingerprint density at radius 2 is 2.22 bits per heavy atom. The lowest BCUT2D eigenvalue weighted by Gasteiger charge is -2.13. The van der Waals surface area contributed by atoms with E-state index in [1.807, 2.05) is 6.07 Å². The van der Waals surface area contributed by atoms with Gasteiger partial charge in [-0.1, -0.05) is 24.8 Å². The highest BCUT2D eigenvalue weighted by molar-refractivity contribution is 5.25. The van der Waals surface area contributed by atoms with Crippen LogP contribution in [-0.2, 0) is 6.54 Å². The number of benzene rings is 1. The van der Waals surface area contributed by atoms with Crippen molar-refractivity contribution in [2.75, 3.05) is 0 Å². The van der Waals surface area contributed by atoms with Crippen LogP contribution in [0.25, 0.3) is 0 Å². The van der Waals surface area contributed by atoms with E-state index in [2.05, 4.69) is 11.7 Å². The zero-order valence-corrected chi connectivity index (χ0v) is 12.2. The van der Waals surface area contributed by atoms with Gasteiger partial charge in [-0.3, -0.25) is 4.57 Å². The molecule has 1 aromatic heterocycles. The Kier molecular flexibility index (Phi) is 3.82. The maximum atomic E-state index is 14.2. The molecule has 1 aliphatic heterocycles. The Labute approximate surface area is 131 Å². The van der Waals surface area contributed by atoms with Crippen molar-refractivity contribution in [1.82, 2.24) is 14.3 Å². The third kappa shape index (κ3) is 2.57. The first-order chi connectivity index (χ1) is 11.0. The molecule has 0 aliphatic carbocycles. The molecule has 0 bridgehead atoms. The van der Waals surface area contributed by atoms with Crippen LogP contribution in [0.5, 0.6) is 0 Å². The van der Waals surface area contributed by atoms with Crippen LogP contribution in [0.2, 0.25) is 0 Å². The van der Waals surface area contributed by atoms with Gasteiger partial charge < -0.3 is 0 Å². The summed E-state index contributed by atoms with van der Waals surface area (Å²) in [7, 11) is 0. The molecule has 118 valence electrons. The van der Waals surface area contributed by atoms with E-state index in [0.717, 1.165) is 4.68 Å². The molecule has 2 aromatic rings. The molecule has 1 aliphatic rings. The molecule has 23 heavy (non-hydrogen) atoms. The molecule has 0 saturated carbocycles. The number of hydrogen-bond acceptors (Lipinski definition) is 3. The second-order valence-electron chi connectivity index (χ2n) is 5.44. The Morgan fingerprint density at radius 3 is 2.91 bits per heavy atom. The molecule has 7 heteroatoms. The Morgan fingerprint density at radius 1 is 1.48 bits per heavy atom. The SMILES string of the molecule is C=C(C#N)CCn1nc2n(c1=O)[C@H](c1ccccc1F)CC2F. The molecule has 0 saturated heterocycles. The van der Waals surface area contributed by atoms with Crippen LogP contribution in [0.4, 0.5) is 8.78 Å². The minimum Gasteiger partial charge on any atom is -0.269 e. The molecule has 0 fully saturated rings. The number of halogens is 2. The Bertz CT molecular complexity index is 862. The predicted molar refractivity (Wildman–Crippen MR) is 78.9 cm³/mol. The van der Waals surface area contributed by atoms with Crippen molar-refractivity contribution in [2.45, 2.75) is 31.6 Å². The summed E-state index contributed by atoms with van der Waals surface area (Å²) in [6, 6.07) is 7.20. The van der Waals surface area contributed by atoms with E-state index in [4.69, 9.17) is 5.26 Å². The summed E-state index contributed by atoms with van der Waals surface area (Å²) in [6.45, 7) is 3.68. The number of hydrogen-bond donors (Lipinski definition) is 0. The van der Waals surface area contributed by atoms with Gasteiger partial charge in [-0.05, 0) is 6.07 Å². The number of fused-ring (bicyclic) bond motifs is 1. The normalized spacial score (nSPS) is 19.3. The van der Waals surface area contributed by atoms with Crippen molar-refractivity contribution in [3.05, 3.63) is 64.1 Å². The van der Waals surface area contributed by atoms with Gasteiger partial charge in [0.05, 0.1) is 18.7 Å². The standard InChI is InChI=1S/C16H14F2N4O/c1-10(9-19)6-7-21-16(23)22-14(8-13(18)15(22)20-21)11-4-2-3-5-12(11)17/h2-5,13-14H,1,6-8H2/t13?,14-/m0/s1. The van der Waals surface area contributed by atoms with Gasteiger partial charge in [-0.15, -0.1) is 0 Å². The van der Waals surface area contributed by atoms with Gasteiger partial charge >= 0.3 is 5.69 Å².